The van der Waals surface area contributed by atoms with Crippen LogP contribution in [0.4, 0.5) is 0 Å². The Hall–Kier alpha value is -2.41. The second kappa shape index (κ2) is 7.91. The Morgan fingerprint density at radius 2 is 1.68 bits per heavy atom. The van der Waals surface area contributed by atoms with Gasteiger partial charge in [0.2, 0.25) is 5.91 Å². The first-order chi connectivity index (χ1) is 13.5. The zero-order valence-electron chi connectivity index (χ0n) is 16.5. The van der Waals surface area contributed by atoms with Gasteiger partial charge >= 0.3 is 0 Å². The number of likely N-dealkylation sites (tertiary alicyclic amines) is 1. The first-order valence-electron chi connectivity index (χ1n) is 10.1. The third-order valence-corrected chi connectivity index (χ3v) is 6.11. The highest BCUT2D eigenvalue weighted by atomic mass is 16.7. The second-order valence-corrected chi connectivity index (χ2v) is 8.05. The Morgan fingerprint density at radius 1 is 1.00 bits per heavy atom. The van der Waals surface area contributed by atoms with Crippen LogP contribution in [0.1, 0.15) is 31.7 Å². The lowest BCUT2D eigenvalue weighted by molar-refractivity contribution is -0.134. The van der Waals surface area contributed by atoms with E-state index in [4.69, 9.17) is 4.84 Å². The summed E-state index contributed by atoms with van der Waals surface area (Å²) in [4.78, 5) is 36.2. The van der Waals surface area contributed by atoms with Crippen LogP contribution in [0.25, 0.3) is 0 Å². The molecular formula is C21H28N4O3. The SMILES string of the molecule is CC(=O)N1CCC2(CC1)CC(C(=O)N1CCN(Cc3ccccc3)CC1)=NO2. The lowest BCUT2D eigenvalue weighted by Crippen LogP contribution is -2.51. The first kappa shape index (κ1) is 18.9. The molecule has 4 rings (SSSR count). The summed E-state index contributed by atoms with van der Waals surface area (Å²) in [6.45, 7) is 7.03. The van der Waals surface area contributed by atoms with E-state index < -0.39 is 5.60 Å². The van der Waals surface area contributed by atoms with E-state index in [-0.39, 0.29) is 11.8 Å². The summed E-state index contributed by atoms with van der Waals surface area (Å²) in [5.41, 5.74) is 1.44. The number of carbonyl (C=O) groups excluding carboxylic acids is 2. The van der Waals surface area contributed by atoms with E-state index in [0.717, 1.165) is 45.6 Å². The molecule has 0 bridgehead atoms. The van der Waals surface area contributed by atoms with Crippen molar-refractivity contribution in [3.05, 3.63) is 35.9 Å². The topological polar surface area (TPSA) is 65.5 Å². The van der Waals surface area contributed by atoms with Gasteiger partial charge in [0.1, 0.15) is 11.3 Å². The number of piperidine rings is 1. The minimum Gasteiger partial charge on any atom is -0.388 e. The van der Waals surface area contributed by atoms with Gasteiger partial charge in [-0.1, -0.05) is 35.5 Å². The van der Waals surface area contributed by atoms with Crippen molar-refractivity contribution < 1.29 is 14.4 Å². The van der Waals surface area contributed by atoms with Crippen LogP contribution in [0.2, 0.25) is 0 Å². The minimum atomic E-state index is -0.397. The van der Waals surface area contributed by atoms with Gasteiger partial charge in [-0.25, -0.2) is 0 Å². The number of rotatable bonds is 3. The summed E-state index contributed by atoms with van der Waals surface area (Å²) >= 11 is 0. The maximum Gasteiger partial charge on any atom is 0.271 e. The molecule has 2 fully saturated rings. The van der Waals surface area contributed by atoms with E-state index in [2.05, 4.69) is 34.3 Å². The zero-order chi connectivity index (χ0) is 19.6. The van der Waals surface area contributed by atoms with Crippen molar-refractivity contribution in [3.8, 4) is 0 Å². The van der Waals surface area contributed by atoms with Gasteiger partial charge in [0.05, 0.1) is 0 Å². The molecule has 3 heterocycles. The van der Waals surface area contributed by atoms with Crippen LogP contribution in [0.3, 0.4) is 0 Å². The van der Waals surface area contributed by atoms with E-state index in [9.17, 15) is 9.59 Å². The molecule has 28 heavy (non-hydrogen) atoms. The van der Waals surface area contributed by atoms with Crippen LogP contribution in [0, 0.1) is 0 Å². The minimum absolute atomic E-state index is 0.00485. The molecule has 3 aliphatic heterocycles. The number of oxime groups is 1. The van der Waals surface area contributed by atoms with Gasteiger partial charge in [0.15, 0.2) is 0 Å². The van der Waals surface area contributed by atoms with Gasteiger partial charge in [-0.2, -0.15) is 0 Å². The van der Waals surface area contributed by atoms with Gasteiger partial charge in [-0.05, 0) is 5.56 Å². The fourth-order valence-corrected chi connectivity index (χ4v) is 4.27. The summed E-state index contributed by atoms with van der Waals surface area (Å²) in [6.07, 6.45) is 2.03. The van der Waals surface area contributed by atoms with Crippen molar-refractivity contribution in [1.82, 2.24) is 14.7 Å². The smallest absolute Gasteiger partial charge is 0.271 e. The van der Waals surface area contributed by atoms with E-state index in [1.165, 1.54) is 5.56 Å². The Morgan fingerprint density at radius 3 is 2.32 bits per heavy atom. The van der Waals surface area contributed by atoms with Crippen molar-refractivity contribution >= 4 is 17.5 Å². The van der Waals surface area contributed by atoms with Crippen molar-refractivity contribution in [3.63, 3.8) is 0 Å². The Balaban J connectivity index is 1.26. The third-order valence-electron chi connectivity index (χ3n) is 6.11. The maximum absolute atomic E-state index is 12.9. The van der Waals surface area contributed by atoms with Crippen molar-refractivity contribution in [2.24, 2.45) is 5.16 Å². The molecule has 1 aromatic carbocycles. The number of hydrogen-bond donors (Lipinski definition) is 0. The summed E-state index contributed by atoms with van der Waals surface area (Å²) in [7, 11) is 0. The Kier molecular flexibility index (Phi) is 5.35. The molecule has 0 saturated carbocycles. The number of nitrogens with zero attached hydrogens (tertiary/aromatic N) is 4. The quantitative estimate of drug-likeness (QED) is 0.792. The Bertz CT molecular complexity index is 748. The lowest BCUT2D eigenvalue weighted by Gasteiger charge is -2.37. The molecule has 7 heteroatoms. The average Bonchev–Trinajstić information content (AvgIpc) is 3.13. The summed E-state index contributed by atoms with van der Waals surface area (Å²) in [5, 5.41) is 4.15. The summed E-state index contributed by atoms with van der Waals surface area (Å²) in [5.74, 6) is 0.101. The van der Waals surface area contributed by atoms with Gasteiger partial charge in [-0.3, -0.25) is 14.5 Å². The van der Waals surface area contributed by atoms with Crippen LogP contribution < -0.4 is 0 Å². The number of benzene rings is 1. The van der Waals surface area contributed by atoms with E-state index in [1.54, 1.807) is 6.92 Å². The largest absolute Gasteiger partial charge is 0.388 e. The fourth-order valence-electron chi connectivity index (χ4n) is 4.27. The molecule has 7 nitrogen and oxygen atoms in total. The number of hydrogen-bond acceptors (Lipinski definition) is 5. The van der Waals surface area contributed by atoms with Crippen LogP contribution in [0.5, 0.6) is 0 Å². The summed E-state index contributed by atoms with van der Waals surface area (Å²) in [6, 6.07) is 10.4. The van der Waals surface area contributed by atoms with E-state index >= 15 is 0 Å². The van der Waals surface area contributed by atoms with Crippen LogP contribution in [-0.2, 0) is 21.0 Å². The van der Waals surface area contributed by atoms with Crippen molar-refractivity contribution in [1.29, 1.82) is 0 Å². The van der Waals surface area contributed by atoms with Gasteiger partial charge in [0, 0.05) is 72.0 Å². The first-order valence-corrected chi connectivity index (χ1v) is 10.1. The van der Waals surface area contributed by atoms with E-state index in [1.807, 2.05) is 15.9 Å². The highest BCUT2D eigenvalue weighted by Gasteiger charge is 2.45. The molecule has 0 radical (unpaired) electrons. The molecule has 150 valence electrons. The second-order valence-electron chi connectivity index (χ2n) is 8.05. The fraction of sp³-hybridized carbons (Fsp3) is 0.571. The predicted molar refractivity (Wildman–Crippen MR) is 106 cm³/mol. The number of carbonyl (C=O) groups is 2. The molecule has 1 aromatic rings. The monoisotopic (exact) mass is 384 g/mol. The van der Waals surface area contributed by atoms with Crippen LogP contribution in [0.15, 0.2) is 35.5 Å². The third kappa shape index (κ3) is 4.04. The van der Waals surface area contributed by atoms with Gasteiger partial charge in [-0.15, -0.1) is 0 Å². The van der Waals surface area contributed by atoms with Crippen LogP contribution >= 0.6 is 0 Å². The van der Waals surface area contributed by atoms with Crippen LogP contribution in [-0.4, -0.2) is 77.1 Å². The van der Waals surface area contributed by atoms with E-state index in [0.29, 0.717) is 25.2 Å². The zero-order valence-corrected chi connectivity index (χ0v) is 16.5. The van der Waals surface area contributed by atoms with Crippen molar-refractivity contribution in [2.45, 2.75) is 38.3 Å². The van der Waals surface area contributed by atoms with Gasteiger partial charge in [0.25, 0.3) is 5.91 Å². The highest BCUT2D eigenvalue weighted by Crippen LogP contribution is 2.35. The normalized spacial score (nSPS) is 22.1. The maximum atomic E-state index is 12.9. The lowest BCUT2D eigenvalue weighted by atomic mass is 9.86. The predicted octanol–water partition coefficient (Wildman–Crippen LogP) is 1.49. The Labute approximate surface area is 165 Å². The molecular weight excluding hydrogens is 356 g/mol. The molecule has 0 unspecified atom stereocenters. The molecule has 1 spiro atoms. The number of amides is 2. The standard InChI is InChI=1S/C21H28N4O3/c1-17(26)24-9-7-21(8-10-24)15-19(22-28-21)20(27)25-13-11-23(12-14-25)16-18-5-3-2-4-6-18/h2-6H,7-16H2,1H3. The van der Waals surface area contributed by atoms with Crippen molar-refractivity contribution in [2.75, 3.05) is 39.3 Å². The molecule has 0 aliphatic carbocycles. The molecule has 2 amide bonds. The number of piperazine rings is 1. The molecule has 2 saturated heterocycles. The molecule has 3 aliphatic rings. The highest BCUT2D eigenvalue weighted by molar-refractivity contribution is 6.39. The van der Waals surface area contributed by atoms with Gasteiger partial charge < -0.3 is 14.6 Å². The summed E-state index contributed by atoms with van der Waals surface area (Å²) < 4.78 is 0. The molecule has 0 aromatic heterocycles. The molecule has 0 N–H and O–H groups in total. The molecule has 0 atom stereocenters. The average molecular weight is 384 g/mol.